The molecule has 1 aliphatic heterocycles. The minimum atomic E-state index is 0.839. The van der Waals surface area contributed by atoms with Crippen molar-refractivity contribution in [3.8, 4) is 0 Å². The average molecular weight is 371 g/mol. The summed E-state index contributed by atoms with van der Waals surface area (Å²) in [7, 11) is 8.22. The van der Waals surface area contributed by atoms with E-state index in [9.17, 15) is 0 Å². The summed E-state index contributed by atoms with van der Waals surface area (Å²) in [5.74, 6) is 1.01. The van der Waals surface area contributed by atoms with Gasteiger partial charge in [0.1, 0.15) is 5.84 Å². The van der Waals surface area contributed by atoms with Gasteiger partial charge in [0.05, 0.1) is 12.2 Å². The molecule has 0 aromatic heterocycles. The second-order valence-electron chi connectivity index (χ2n) is 7.50. The largest absolute Gasteiger partial charge is 0.378 e. The number of hydrogen-bond acceptors (Lipinski definition) is 3. The Hall–Kier alpha value is -3.27. The molecule has 0 aliphatic carbocycles. The van der Waals surface area contributed by atoms with Gasteiger partial charge < -0.3 is 14.7 Å². The van der Waals surface area contributed by atoms with Gasteiger partial charge in [0, 0.05) is 50.8 Å². The van der Waals surface area contributed by atoms with Crippen LogP contribution in [0.25, 0.3) is 0 Å². The quantitative estimate of drug-likeness (QED) is 0.651. The molecule has 0 N–H and O–H groups in total. The molecule has 4 rings (SSSR count). The fourth-order valence-corrected chi connectivity index (χ4v) is 3.48. The van der Waals surface area contributed by atoms with Crippen molar-refractivity contribution in [2.45, 2.75) is 6.54 Å². The summed E-state index contributed by atoms with van der Waals surface area (Å²) in [6, 6.07) is 25.6. The van der Waals surface area contributed by atoms with Crippen molar-refractivity contribution < 1.29 is 0 Å². The fraction of sp³-hybridized carbons (Fsp3) is 0.208. The van der Waals surface area contributed by atoms with E-state index in [0.29, 0.717) is 0 Å². The molecule has 0 saturated carbocycles. The molecular weight excluding hydrogens is 344 g/mol. The molecule has 142 valence electrons. The Morgan fingerprint density at radius 1 is 0.714 bits per heavy atom. The lowest BCUT2D eigenvalue weighted by molar-refractivity contribution is 1.05. The van der Waals surface area contributed by atoms with Crippen molar-refractivity contribution in [3.05, 3.63) is 83.9 Å². The molecule has 0 radical (unpaired) electrons. The Bertz CT molecular complexity index is 986. The van der Waals surface area contributed by atoms with Crippen LogP contribution in [0.1, 0.15) is 11.1 Å². The topological polar surface area (TPSA) is 22.1 Å². The highest BCUT2D eigenvalue weighted by molar-refractivity contribution is 6.14. The molecule has 0 bridgehead atoms. The minimum Gasteiger partial charge on any atom is -0.378 e. The van der Waals surface area contributed by atoms with Crippen LogP contribution in [-0.2, 0) is 6.54 Å². The summed E-state index contributed by atoms with van der Waals surface area (Å²) >= 11 is 0. The van der Waals surface area contributed by atoms with Gasteiger partial charge in [0.15, 0.2) is 0 Å². The molecule has 28 heavy (non-hydrogen) atoms. The van der Waals surface area contributed by atoms with Crippen LogP contribution in [0.3, 0.4) is 0 Å². The first kappa shape index (κ1) is 18.1. The van der Waals surface area contributed by atoms with Gasteiger partial charge in [-0.1, -0.05) is 24.3 Å². The highest BCUT2D eigenvalue weighted by atomic mass is 15.2. The van der Waals surface area contributed by atoms with E-state index in [1.54, 1.807) is 0 Å². The normalized spacial score (nSPS) is 14.3. The first-order valence-electron chi connectivity index (χ1n) is 9.52. The smallest absolute Gasteiger partial charge is 0.141 e. The number of rotatable bonds is 4. The number of fused-ring (bicyclic) bond motifs is 1. The summed E-state index contributed by atoms with van der Waals surface area (Å²) in [5, 5.41) is 0. The summed E-state index contributed by atoms with van der Waals surface area (Å²) < 4.78 is 0. The highest BCUT2D eigenvalue weighted by Gasteiger charge is 2.26. The highest BCUT2D eigenvalue weighted by Crippen LogP contribution is 2.32. The molecule has 1 aliphatic rings. The zero-order valence-electron chi connectivity index (χ0n) is 16.9. The monoisotopic (exact) mass is 370 g/mol. The van der Waals surface area contributed by atoms with Gasteiger partial charge in [-0.15, -0.1) is 0 Å². The van der Waals surface area contributed by atoms with E-state index in [1.165, 1.54) is 22.5 Å². The van der Waals surface area contributed by atoms with Crippen molar-refractivity contribution in [1.82, 2.24) is 0 Å². The number of aliphatic imine (C=N–C) groups is 1. The van der Waals surface area contributed by atoms with Gasteiger partial charge >= 0.3 is 0 Å². The van der Waals surface area contributed by atoms with Crippen LogP contribution in [0.5, 0.6) is 0 Å². The van der Waals surface area contributed by atoms with Gasteiger partial charge in [0.2, 0.25) is 0 Å². The van der Waals surface area contributed by atoms with Crippen LogP contribution in [0.15, 0.2) is 77.8 Å². The van der Waals surface area contributed by atoms with E-state index in [2.05, 4.69) is 102 Å². The first-order valence-corrected chi connectivity index (χ1v) is 9.52. The lowest BCUT2D eigenvalue weighted by Gasteiger charge is -2.21. The van der Waals surface area contributed by atoms with E-state index in [-0.39, 0.29) is 0 Å². The van der Waals surface area contributed by atoms with Crippen molar-refractivity contribution in [1.29, 1.82) is 0 Å². The molecule has 0 fully saturated rings. The summed E-state index contributed by atoms with van der Waals surface area (Å²) in [5.41, 5.74) is 7.00. The number of anilines is 3. The van der Waals surface area contributed by atoms with E-state index < -0.39 is 0 Å². The first-order chi connectivity index (χ1) is 13.5. The van der Waals surface area contributed by atoms with Crippen LogP contribution in [0.2, 0.25) is 0 Å². The standard InChI is InChI=1S/C24H26N4/c1-26(2)20-11-9-19(10-12-20)25-24-23-8-6-5-7-18(23)17-28(24)22-15-13-21(14-16-22)27(3)4/h5-16H,17H2,1-4H3. The van der Waals surface area contributed by atoms with E-state index in [0.717, 1.165) is 23.8 Å². The van der Waals surface area contributed by atoms with Gasteiger partial charge in [-0.3, -0.25) is 0 Å². The van der Waals surface area contributed by atoms with Gasteiger partial charge in [-0.2, -0.15) is 0 Å². The van der Waals surface area contributed by atoms with Crippen LogP contribution in [-0.4, -0.2) is 34.0 Å². The zero-order valence-corrected chi connectivity index (χ0v) is 16.9. The predicted molar refractivity (Wildman–Crippen MR) is 120 cm³/mol. The van der Waals surface area contributed by atoms with Gasteiger partial charge in [-0.05, 0) is 54.1 Å². The Balaban J connectivity index is 1.74. The maximum absolute atomic E-state index is 5.03. The third kappa shape index (κ3) is 3.46. The average Bonchev–Trinajstić information content (AvgIpc) is 3.07. The Labute approximate surface area is 167 Å². The van der Waals surface area contributed by atoms with Crippen LogP contribution >= 0.6 is 0 Å². The summed E-state index contributed by atoms with van der Waals surface area (Å²) in [6.45, 7) is 0.839. The third-order valence-corrected chi connectivity index (χ3v) is 5.12. The van der Waals surface area contributed by atoms with Crippen molar-refractivity contribution in [3.63, 3.8) is 0 Å². The lowest BCUT2D eigenvalue weighted by atomic mass is 10.1. The molecule has 0 amide bonds. The second kappa shape index (κ2) is 7.39. The molecule has 0 atom stereocenters. The van der Waals surface area contributed by atoms with Crippen LogP contribution in [0.4, 0.5) is 22.7 Å². The number of benzene rings is 3. The number of nitrogens with zero attached hydrogens (tertiary/aromatic N) is 4. The van der Waals surface area contributed by atoms with Crippen molar-refractivity contribution in [2.24, 2.45) is 4.99 Å². The summed E-state index contributed by atoms with van der Waals surface area (Å²) in [6.07, 6.45) is 0. The molecule has 3 aromatic carbocycles. The molecule has 4 heteroatoms. The minimum absolute atomic E-state index is 0.839. The van der Waals surface area contributed by atoms with Crippen molar-refractivity contribution in [2.75, 3.05) is 42.9 Å². The molecular formula is C24H26N4. The third-order valence-electron chi connectivity index (χ3n) is 5.12. The number of amidine groups is 1. The molecule has 4 nitrogen and oxygen atoms in total. The van der Waals surface area contributed by atoms with Gasteiger partial charge in [-0.25, -0.2) is 4.99 Å². The van der Waals surface area contributed by atoms with E-state index in [1.807, 2.05) is 14.1 Å². The van der Waals surface area contributed by atoms with Crippen molar-refractivity contribution >= 4 is 28.6 Å². The number of hydrogen-bond donors (Lipinski definition) is 0. The maximum Gasteiger partial charge on any atom is 0.141 e. The summed E-state index contributed by atoms with van der Waals surface area (Å²) in [4.78, 5) is 11.5. The Morgan fingerprint density at radius 3 is 1.89 bits per heavy atom. The second-order valence-corrected chi connectivity index (χ2v) is 7.50. The predicted octanol–water partition coefficient (Wildman–Crippen LogP) is 4.92. The van der Waals surface area contributed by atoms with Crippen LogP contribution < -0.4 is 14.7 Å². The van der Waals surface area contributed by atoms with Crippen LogP contribution in [0, 0.1) is 0 Å². The fourth-order valence-electron chi connectivity index (χ4n) is 3.48. The van der Waals surface area contributed by atoms with Gasteiger partial charge in [0.25, 0.3) is 0 Å². The molecule has 0 spiro atoms. The van der Waals surface area contributed by atoms with E-state index in [4.69, 9.17) is 4.99 Å². The Kier molecular flexibility index (Phi) is 4.78. The molecule has 3 aromatic rings. The molecule has 1 heterocycles. The molecule has 0 unspecified atom stereocenters. The van der Waals surface area contributed by atoms with E-state index >= 15 is 0 Å². The lowest BCUT2D eigenvalue weighted by Crippen LogP contribution is -2.24. The SMILES string of the molecule is CN(C)c1ccc(N=C2c3ccccc3CN2c2ccc(N(C)C)cc2)cc1. The Morgan fingerprint density at radius 2 is 1.29 bits per heavy atom. The molecule has 0 saturated heterocycles. The maximum atomic E-state index is 5.03. The zero-order chi connectivity index (χ0) is 19.7.